The molecule has 0 spiro atoms. The maximum Gasteiger partial charge on any atom is 0.253 e. The number of carbonyl (C=O) groups excluding carboxylic acids is 1. The van der Waals surface area contributed by atoms with E-state index in [1.54, 1.807) is 0 Å². The van der Waals surface area contributed by atoms with Crippen LogP contribution in [0, 0.1) is 5.92 Å². The Morgan fingerprint density at radius 2 is 1.72 bits per heavy atom. The maximum atomic E-state index is 12.5. The zero-order valence-electron chi connectivity index (χ0n) is 14.6. The van der Waals surface area contributed by atoms with E-state index in [2.05, 4.69) is 29.8 Å². The summed E-state index contributed by atoms with van der Waals surface area (Å²) >= 11 is 0. The summed E-state index contributed by atoms with van der Waals surface area (Å²) in [4.78, 5) is 19.3. The molecule has 1 amide bonds. The van der Waals surface area contributed by atoms with Crippen LogP contribution in [-0.4, -0.2) is 33.4 Å². The van der Waals surface area contributed by atoms with E-state index in [1.165, 1.54) is 5.52 Å². The van der Waals surface area contributed by atoms with E-state index in [1.807, 2.05) is 41.3 Å². The number of likely N-dealkylation sites (tertiary alicyclic amines) is 1. The van der Waals surface area contributed by atoms with Crippen LogP contribution in [0.5, 0.6) is 0 Å². The van der Waals surface area contributed by atoms with Gasteiger partial charge in [0, 0.05) is 32.1 Å². The van der Waals surface area contributed by atoms with Gasteiger partial charge in [-0.05, 0) is 43.0 Å². The van der Waals surface area contributed by atoms with Gasteiger partial charge in [0.05, 0.1) is 11.0 Å². The van der Waals surface area contributed by atoms with Crippen LogP contribution in [0.4, 0.5) is 0 Å². The molecule has 25 heavy (non-hydrogen) atoms. The van der Waals surface area contributed by atoms with E-state index in [0.717, 1.165) is 49.3 Å². The van der Waals surface area contributed by atoms with Crippen molar-refractivity contribution in [3.05, 3.63) is 66.0 Å². The number of hydrogen-bond donors (Lipinski definition) is 0. The van der Waals surface area contributed by atoms with Crippen molar-refractivity contribution in [2.24, 2.45) is 13.0 Å². The molecule has 0 saturated carbocycles. The molecule has 4 nitrogen and oxygen atoms in total. The normalized spacial score (nSPS) is 15.6. The minimum Gasteiger partial charge on any atom is -0.339 e. The van der Waals surface area contributed by atoms with Gasteiger partial charge in [-0.3, -0.25) is 4.79 Å². The number of aryl methyl sites for hydroxylation is 1. The number of para-hydroxylation sites is 2. The molecule has 1 aromatic heterocycles. The molecule has 0 aliphatic carbocycles. The summed E-state index contributed by atoms with van der Waals surface area (Å²) in [5.74, 6) is 1.89. The largest absolute Gasteiger partial charge is 0.339 e. The summed E-state index contributed by atoms with van der Waals surface area (Å²) in [5, 5.41) is 0. The third-order valence-corrected chi connectivity index (χ3v) is 5.27. The summed E-state index contributed by atoms with van der Waals surface area (Å²) in [6, 6.07) is 17.9. The predicted octanol–water partition coefficient (Wildman–Crippen LogP) is 3.67. The fourth-order valence-corrected chi connectivity index (χ4v) is 3.74. The van der Waals surface area contributed by atoms with Crippen molar-refractivity contribution in [2.45, 2.75) is 19.3 Å². The average Bonchev–Trinajstić information content (AvgIpc) is 2.98. The van der Waals surface area contributed by atoms with E-state index < -0.39 is 0 Å². The monoisotopic (exact) mass is 333 g/mol. The highest BCUT2D eigenvalue weighted by molar-refractivity contribution is 5.94. The fourth-order valence-electron chi connectivity index (χ4n) is 3.74. The summed E-state index contributed by atoms with van der Waals surface area (Å²) in [7, 11) is 2.10. The Morgan fingerprint density at radius 3 is 2.44 bits per heavy atom. The summed E-state index contributed by atoms with van der Waals surface area (Å²) < 4.78 is 2.21. The molecule has 2 heterocycles. The summed E-state index contributed by atoms with van der Waals surface area (Å²) in [6.45, 7) is 1.67. The zero-order chi connectivity index (χ0) is 17.2. The number of nitrogens with zero attached hydrogens (tertiary/aromatic N) is 3. The predicted molar refractivity (Wildman–Crippen MR) is 99.5 cm³/mol. The maximum absolute atomic E-state index is 12.5. The van der Waals surface area contributed by atoms with Crippen LogP contribution in [0.2, 0.25) is 0 Å². The third-order valence-electron chi connectivity index (χ3n) is 5.27. The molecule has 0 N–H and O–H groups in total. The van der Waals surface area contributed by atoms with Crippen molar-refractivity contribution in [3.63, 3.8) is 0 Å². The molecule has 4 rings (SSSR count). The zero-order valence-corrected chi connectivity index (χ0v) is 14.6. The van der Waals surface area contributed by atoms with Gasteiger partial charge in [0.2, 0.25) is 0 Å². The average molecular weight is 333 g/mol. The highest BCUT2D eigenvalue weighted by Gasteiger charge is 2.24. The smallest absolute Gasteiger partial charge is 0.253 e. The number of rotatable bonds is 3. The molecule has 2 aromatic carbocycles. The van der Waals surface area contributed by atoms with Crippen molar-refractivity contribution in [1.29, 1.82) is 0 Å². The van der Waals surface area contributed by atoms with E-state index >= 15 is 0 Å². The Labute approximate surface area is 148 Å². The van der Waals surface area contributed by atoms with Crippen LogP contribution < -0.4 is 0 Å². The van der Waals surface area contributed by atoms with Crippen molar-refractivity contribution in [1.82, 2.24) is 14.5 Å². The first-order chi connectivity index (χ1) is 12.2. The summed E-state index contributed by atoms with van der Waals surface area (Å²) in [6.07, 6.45) is 3.07. The van der Waals surface area contributed by atoms with Crippen molar-refractivity contribution >= 4 is 16.9 Å². The molecule has 0 bridgehead atoms. The molecular weight excluding hydrogens is 310 g/mol. The first-order valence-corrected chi connectivity index (χ1v) is 8.97. The number of imidazole rings is 1. The topological polar surface area (TPSA) is 38.1 Å². The van der Waals surface area contributed by atoms with Crippen LogP contribution >= 0.6 is 0 Å². The lowest BCUT2D eigenvalue weighted by atomic mass is 9.93. The van der Waals surface area contributed by atoms with E-state index in [0.29, 0.717) is 5.92 Å². The van der Waals surface area contributed by atoms with Crippen molar-refractivity contribution in [2.75, 3.05) is 13.1 Å². The van der Waals surface area contributed by atoms with Gasteiger partial charge < -0.3 is 9.47 Å². The second kappa shape index (κ2) is 6.71. The molecule has 1 aliphatic rings. The molecule has 1 saturated heterocycles. The van der Waals surface area contributed by atoms with E-state index in [9.17, 15) is 4.79 Å². The lowest BCUT2D eigenvalue weighted by molar-refractivity contribution is 0.0689. The fraction of sp³-hybridized carbons (Fsp3) is 0.333. The van der Waals surface area contributed by atoms with Crippen LogP contribution in [0.25, 0.3) is 11.0 Å². The Hall–Kier alpha value is -2.62. The highest BCUT2D eigenvalue weighted by Crippen LogP contribution is 2.24. The van der Waals surface area contributed by atoms with Gasteiger partial charge in [0.15, 0.2) is 0 Å². The van der Waals surface area contributed by atoms with Gasteiger partial charge in [-0.1, -0.05) is 30.3 Å². The van der Waals surface area contributed by atoms with Crippen LogP contribution in [0.3, 0.4) is 0 Å². The van der Waals surface area contributed by atoms with Crippen LogP contribution in [-0.2, 0) is 13.5 Å². The van der Waals surface area contributed by atoms with Gasteiger partial charge in [-0.15, -0.1) is 0 Å². The van der Waals surface area contributed by atoms with E-state index in [4.69, 9.17) is 4.98 Å². The van der Waals surface area contributed by atoms with E-state index in [-0.39, 0.29) is 5.91 Å². The highest BCUT2D eigenvalue weighted by atomic mass is 16.2. The minimum absolute atomic E-state index is 0.154. The number of fused-ring (bicyclic) bond motifs is 1. The number of benzene rings is 2. The number of aromatic nitrogens is 2. The molecule has 0 atom stereocenters. The molecular formula is C21H23N3O. The lowest BCUT2D eigenvalue weighted by Gasteiger charge is -2.32. The lowest BCUT2D eigenvalue weighted by Crippen LogP contribution is -2.39. The summed E-state index contributed by atoms with van der Waals surface area (Å²) in [5.41, 5.74) is 3.04. The third kappa shape index (κ3) is 3.16. The first kappa shape index (κ1) is 15.9. The molecule has 3 aromatic rings. The van der Waals surface area contributed by atoms with Gasteiger partial charge in [0.1, 0.15) is 5.82 Å². The Kier molecular flexibility index (Phi) is 4.26. The molecule has 4 heteroatoms. The van der Waals surface area contributed by atoms with Gasteiger partial charge in [0.25, 0.3) is 5.91 Å². The van der Waals surface area contributed by atoms with Gasteiger partial charge >= 0.3 is 0 Å². The van der Waals surface area contributed by atoms with Crippen LogP contribution in [0.1, 0.15) is 29.0 Å². The quantitative estimate of drug-likeness (QED) is 0.733. The molecule has 128 valence electrons. The molecule has 1 fully saturated rings. The van der Waals surface area contributed by atoms with Gasteiger partial charge in [-0.2, -0.15) is 0 Å². The minimum atomic E-state index is 0.154. The molecule has 0 unspecified atom stereocenters. The number of piperidine rings is 1. The Morgan fingerprint density at radius 1 is 1.04 bits per heavy atom. The number of amides is 1. The number of hydrogen-bond acceptors (Lipinski definition) is 2. The second-order valence-electron chi connectivity index (χ2n) is 6.88. The van der Waals surface area contributed by atoms with Crippen LogP contribution in [0.15, 0.2) is 54.6 Å². The second-order valence-corrected chi connectivity index (χ2v) is 6.88. The van der Waals surface area contributed by atoms with Crippen molar-refractivity contribution in [3.8, 4) is 0 Å². The number of carbonyl (C=O) groups is 1. The SMILES string of the molecule is Cn1c(CC2CCN(C(=O)c3ccccc3)CC2)nc2ccccc21. The Bertz CT molecular complexity index is 877. The first-order valence-electron chi connectivity index (χ1n) is 8.97. The van der Waals surface area contributed by atoms with Gasteiger partial charge in [-0.25, -0.2) is 4.98 Å². The molecule has 0 radical (unpaired) electrons. The standard InChI is InChI=1S/C21H23N3O/c1-23-19-10-6-5-9-18(19)22-20(23)15-16-11-13-24(14-12-16)21(25)17-7-3-2-4-8-17/h2-10,16H,11-15H2,1H3. The van der Waals surface area contributed by atoms with Crippen molar-refractivity contribution < 1.29 is 4.79 Å². The Balaban J connectivity index is 1.40. The molecule has 1 aliphatic heterocycles.